The number of benzene rings is 2. The van der Waals surface area contributed by atoms with Gasteiger partial charge in [-0.05, 0) is 163 Å². The number of phenols is 2. The molecule has 2 aromatic rings. The minimum atomic E-state index is 0. The molecule has 3 fully saturated rings. The van der Waals surface area contributed by atoms with Crippen molar-refractivity contribution in [2.75, 3.05) is 0 Å². The zero-order valence-electron chi connectivity index (χ0n) is 24.4. The second-order valence-corrected chi connectivity index (χ2v) is 12.4. The molecular weight excluding hydrogens is 532 g/mol. The maximum atomic E-state index is 11.5. The van der Waals surface area contributed by atoms with E-state index in [0.717, 1.165) is 46.9 Å². The lowest BCUT2D eigenvalue weighted by molar-refractivity contribution is 0.213. The predicted octanol–water partition coefficient (Wildman–Crippen LogP) is 9.51. The van der Waals surface area contributed by atoms with Gasteiger partial charge in [0.15, 0.2) is 0 Å². The van der Waals surface area contributed by atoms with Crippen LogP contribution < -0.4 is 0 Å². The molecule has 3 aliphatic carbocycles. The van der Waals surface area contributed by atoms with Gasteiger partial charge in [-0.2, -0.15) is 0 Å². The fraction of sp³-hybridized carbons (Fsp3) is 0.385. The zero-order valence-corrected chi connectivity index (χ0v) is 25.2. The van der Waals surface area contributed by atoms with Crippen molar-refractivity contribution >= 4 is 11.8 Å². The third-order valence-electron chi connectivity index (χ3n) is 9.35. The Hall–Kier alpha value is -4.25. The van der Waals surface area contributed by atoms with Crippen LogP contribution in [0.2, 0.25) is 0 Å². The summed E-state index contributed by atoms with van der Waals surface area (Å²) in [6.45, 7) is 6.37. The van der Waals surface area contributed by atoms with Gasteiger partial charge in [-0.15, -0.1) is 6.42 Å². The van der Waals surface area contributed by atoms with Crippen molar-refractivity contribution in [1.29, 1.82) is 0 Å². The van der Waals surface area contributed by atoms with Gasteiger partial charge in [0.1, 0.15) is 11.5 Å². The molecule has 2 aromatic carbocycles. The van der Waals surface area contributed by atoms with Gasteiger partial charge in [-0.1, -0.05) is 54.1 Å². The number of phenolic OH excluding ortho intramolecular Hbond substituents is 2. The van der Waals surface area contributed by atoms with E-state index in [9.17, 15) is 10.2 Å². The first-order valence-electron chi connectivity index (χ1n) is 14.6. The Morgan fingerprint density at radius 2 is 1.36 bits per heavy atom. The summed E-state index contributed by atoms with van der Waals surface area (Å²) in [7, 11) is 0. The highest BCUT2D eigenvalue weighted by molar-refractivity contribution is 8.03. The number of hydrogen-bond donors (Lipinski definition) is 2. The van der Waals surface area contributed by atoms with Crippen molar-refractivity contribution in [2.45, 2.75) is 70.5 Å². The third kappa shape index (κ3) is 6.01. The van der Waals surface area contributed by atoms with Crippen molar-refractivity contribution in [3.63, 3.8) is 0 Å². The van der Waals surface area contributed by atoms with Crippen LogP contribution in [0.4, 0.5) is 0 Å². The van der Waals surface area contributed by atoms with Crippen LogP contribution in [0, 0.1) is 108 Å². The summed E-state index contributed by atoms with van der Waals surface area (Å²) in [5.74, 6) is 30.3. The maximum absolute atomic E-state index is 11.5. The minimum absolute atomic E-state index is 0. The fourth-order valence-corrected chi connectivity index (χ4v) is 8.54. The number of hydrogen-bond acceptors (Lipinski definition) is 3. The monoisotopic (exact) mass is 586 g/mol. The molecule has 2 N–H and O–H groups in total. The zero-order chi connectivity index (χ0) is 29.6. The molecule has 0 amide bonds. The Morgan fingerprint density at radius 3 is 2.02 bits per heavy atom. The number of aryl methyl sites for hydroxylation is 3. The van der Waals surface area contributed by atoms with Gasteiger partial charge in [-0.3, -0.25) is 0 Å². The van der Waals surface area contributed by atoms with E-state index in [1.165, 1.54) is 42.2 Å². The van der Waals surface area contributed by atoms with Crippen molar-refractivity contribution in [2.24, 2.45) is 23.7 Å². The van der Waals surface area contributed by atoms with Crippen LogP contribution >= 0.6 is 11.8 Å². The number of aromatic hydroxyl groups is 2. The number of rotatable bonds is 5. The Labute approximate surface area is 270 Å². The van der Waals surface area contributed by atoms with E-state index in [1.807, 2.05) is 0 Å². The SMILES string of the molecule is C#CC#CC#CC#CC#CC#CSCc1cc(C)cc(C2CCC3C4CC(c5cc(C)cc(CC)c5O)C(C4)C23)c1O.[HH].[HH].[HH].[HH].[HH].[HH].[HH].[HH].[HH].[HH]. The maximum Gasteiger partial charge on any atom is 0.123 e. The molecule has 0 heterocycles. The normalized spacial score (nSPS) is 24.1. The van der Waals surface area contributed by atoms with Gasteiger partial charge >= 0.3 is 0 Å². The Balaban J connectivity index is -0.000000529. The van der Waals surface area contributed by atoms with Crippen LogP contribution in [-0.2, 0) is 12.2 Å². The van der Waals surface area contributed by atoms with Crippen LogP contribution in [-0.4, -0.2) is 10.2 Å². The largest absolute Gasteiger partial charge is 0.507 e. The molecule has 6 atom stereocenters. The Kier molecular flexibility index (Phi) is 9.16. The second-order valence-electron chi connectivity index (χ2n) is 11.7. The first kappa shape index (κ1) is 29.2. The van der Waals surface area contributed by atoms with E-state index in [2.05, 4.69) is 109 Å². The predicted molar refractivity (Wildman–Crippen MR) is 193 cm³/mol. The van der Waals surface area contributed by atoms with Gasteiger partial charge in [0.2, 0.25) is 0 Å². The summed E-state index contributed by atoms with van der Waals surface area (Å²) in [4.78, 5) is 0. The first-order valence-corrected chi connectivity index (χ1v) is 15.6. The fourth-order valence-electron chi connectivity index (χ4n) is 7.97. The average molecular weight is 587 g/mol. The Morgan fingerprint density at radius 1 is 0.762 bits per heavy atom. The van der Waals surface area contributed by atoms with Crippen molar-refractivity contribution in [1.82, 2.24) is 0 Å². The first-order chi connectivity index (χ1) is 20.4. The molecule has 0 aliphatic heterocycles. The van der Waals surface area contributed by atoms with Gasteiger partial charge in [-0.25, -0.2) is 0 Å². The number of fused-ring (bicyclic) bond motifs is 5. The summed E-state index contributed by atoms with van der Waals surface area (Å²) in [5, 5.41) is 25.7. The molecule has 5 rings (SSSR count). The summed E-state index contributed by atoms with van der Waals surface area (Å²) in [6.07, 6.45) is 10.6. The van der Waals surface area contributed by atoms with Crippen LogP contribution in [0.5, 0.6) is 11.5 Å². The van der Waals surface area contributed by atoms with Crippen molar-refractivity contribution in [3.05, 3.63) is 57.6 Å². The lowest BCUT2D eigenvalue weighted by atomic mass is 9.68. The topological polar surface area (TPSA) is 40.5 Å². The highest BCUT2D eigenvalue weighted by Crippen LogP contribution is 2.68. The Bertz CT molecular complexity index is 1790. The molecule has 3 heteroatoms. The average Bonchev–Trinajstić information content (AvgIpc) is 3.69. The van der Waals surface area contributed by atoms with Gasteiger partial charge in [0.25, 0.3) is 0 Å². The lowest BCUT2D eigenvalue weighted by Gasteiger charge is -2.36. The second kappa shape index (κ2) is 13.2. The highest BCUT2D eigenvalue weighted by atomic mass is 32.2. The van der Waals surface area contributed by atoms with Crippen molar-refractivity contribution in [3.8, 4) is 82.4 Å². The molecule has 2 bridgehead atoms. The van der Waals surface area contributed by atoms with Gasteiger partial charge < -0.3 is 10.2 Å². The van der Waals surface area contributed by atoms with Crippen LogP contribution in [0.25, 0.3) is 0 Å². The summed E-state index contributed by atoms with van der Waals surface area (Å²) in [5.41, 5.74) is 6.64. The molecule has 3 aliphatic rings. The lowest BCUT2D eigenvalue weighted by Crippen LogP contribution is -2.27. The van der Waals surface area contributed by atoms with E-state index < -0.39 is 0 Å². The van der Waals surface area contributed by atoms with E-state index in [-0.39, 0.29) is 14.3 Å². The molecule has 0 radical (unpaired) electrons. The van der Waals surface area contributed by atoms with Crippen LogP contribution in [0.3, 0.4) is 0 Å². The van der Waals surface area contributed by atoms with E-state index in [1.54, 1.807) is 0 Å². The molecule has 0 aromatic heterocycles. The molecule has 42 heavy (non-hydrogen) atoms. The summed E-state index contributed by atoms with van der Waals surface area (Å²) < 4.78 is 0. The quantitative estimate of drug-likeness (QED) is 0.343. The van der Waals surface area contributed by atoms with Gasteiger partial charge in [0.05, 0.1) is 0 Å². The number of terminal acetylenes is 1. The van der Waals surface area contributed by atoms with Crippen LogP contribution in [0.15, 0.2) is 24.3 Å². The smallest absolute Gasteiger partial charge is 0.123 e. The molecule has 2 nitrogen and oxygen atoms in total. The third-order valence-corrected chi connectivity index (χ3v) is 10.0. The van der Waals surface area contributed by atoms with Gasteiger partial charge in [0, 0.05) is 25.6 Å². The minimum Gasteiger partial charge on any atom is -0.507 e. The molecule has 0 saturated heterocycles. The van der Waals surface area contributed by atoms with Crippen LogP contribution in [0.1, 0.15) is 92.1 Å². The highest BCUT2D eigenvalue weighted by Gasteiger charge is 2.58. The molecular formula is C39H54O2S. The number of thioether (sulfide) groups is 1. The molecule has 3 saturated carbocycles. The van der Waals surface area contributed by atoms with E-state index in [4.69, 9.17) is 6.42 Å². The standard InChI is InChI=1S/C39H34O2S.10H2/c1-5-7-8-9-10-11-12-13-14-15-18-42-25-30-20-27(4)21-35(39(30)41)32-17-16-31-29-23-33(34(24-29)37(31)32)36-22-26(3)19-28(6-2)38(36)40;;;;;;;;;;/h1,19-22,29,31-34,37,40-41H,6,16-17,23-25H2,2-4H3;10*1H. The molecule has 228 valence electrons. The molecule has 0 spiro atoms. The van der Waals surface area contributed by atoms with E-state index in [0.29, 0.717) is 40.9 Å². The van der Waals surface area contributed by atoms with E-state index >= 15 is 0 Å². The molecule has 6 unspecified atom stereocenters. The summed E-state index contributed by atoms with van der Waals surface area (Å²) in [6, 6.07) is 8.62. The van der Waals surface area contributed by atoms with Crippen molar-refractivity contribution < 1.29 is 24.5 Å². The summed E-state index contributed by atoms with van der Waals surface area (Å²) >= 11 is 1.43.